The summed E-state index contributed by atoms with van der Waals surface area (Å²) in [6.07, 6.45) is 1.01. The monoisotopic (exact) mass is 1870 g/mol. The molecule has 736 valence electrons. The number of aliphatic hydroxyl groups is 2. The zero-order chi connectivity index (χ0) is 98.7. The van der Waals surface area contributed by atoms with Gasteiger partial charge in [0, 0.05) is 86.3 Å². The van der Waals surface area contributed by atoms with E-state index in [1.54, 1.807) is 101 Å². The molecule has 4 aromatic carbocycles. The third-order valence-corrected chi connectivity index (χ3v) is 23.5. The summed E-state index contributed by atoms with van der Waals surface area (Å²) in [5.41, 5.74) is 15.7. The number of carbonyl (C=O) groups is 4. The van der Waals surface area contributed by atoms with Crippen LogP contribution in [0, 0.1) is 0 Å². The summed E-state index contributed by atoms with van der Waals surface area (Å²) in [7, 11) is 8.26. The first-order valence-electron chi connectivity index (χ1n) is 46.9. The number of ether oxygens (including phenoxy) is 11. The Hall–Kier alpha value is -10.9. The van der Waals surface area contributed by atoms with Crippen LogP contribution in [0.1, 0.15) is 221 Å². The van der Waals surface area contributed by atoms with E-state index in [9.17, 15) is 29.4 Å². The van der Waals surface area contributed by atoms with Crippen LogP contribution in [-0.4, -0.2) is 193 Å². The molecule has 29 heteroatoms. The van der Waals surface area contributed by atoms with Crippen LogP contribution in [0.3, 0.4) is 0 Å². The Morgan fingerprint density at radius 1 is 0.360 bits per heavy atom. The number of imide groups is 2. The summed E-state index contributed by atoms with van der Waals surface area (Å²) in [4.78, 5) is 81.8. The fourth-order valence-electron chi connectivity index (χ4n) is 16.4. The molecule has 0 saturated carbocycles. The second-order valence-electron chi connectivity index (χ2n) is 41.0. The fraction of sp³-hybridized carbons (Fsp3) is 0.505. The zero-order valence-corrected chi connectivity index (χ0v) is 83.6. The van der Waals surface area contributed by atoms with E-state index in [2.05, 4.69) is 138 Å². The molecule has 5 fully saturated rings. The van der Waals surface area contributed by atoms with Crippen LogP contribution in [0.4, 0.5) is 48.3 Å². The number of nitrogens with two attached hydrogens (primary N) is 1. The maximum absolute atomic E-state index is 13.1. The summed E-state index contributed by atoms with van der Waals surface area (Å²) in [6, 6.07) is 59.4. The minimum Gasteiger partial charge on any atom is -0.443 e. The number of hydrogen-bond acceptors (Lipinski definition) is 27. The van der Waals surface area contributed by atoms with Gasteiger partial charge < -0.3 is 88.5 Å². The highest BCUT2D eigenvalue weighted by Crippen LogP contribution is 2.42. The predicted molar refractivity (Wildman–Crippen MR) is 529 cm³/mol. The number of amides is 4. The number of carbonyl (C=O) groups excluding carboxylic acids is 4. The van der Waals surface area contributed by atoms with Crippen molar-refractivity contribution >= 4 is 53.5 Å². The number of aliphatic hydroxyl groups excluding tert-OH is 2. The molecule has 9 aromatic rings. The van der Waals surface area contributed by atoms with Crippen LogP contribution in [-0.2, 0) is 138 Å². The van der Waals surface area contributed by atoms with Crippen molar-refractivity contribution in [2.45, 2.75) is 252 Å². The molecule has 5 saturated heterocycles. The maximum atomic E-state index is 13.1. The summed E-state index contributed by atoms with van der Waals surface area (Å²) < 4.78 is 62.0. The van der Waals surface area contributed by atoms with Gasteiger partial charge in [-0.25, -0.2) is 44.1 Å². The topological polar surface area (TPSA) is 338 Å². The summed E-state index contributed by atoms with van der Waals surface area (Å²) >= 11 is 0. The smallest absolute Gasteiger partial charge is 0.425 e. The van der Waals surface area contributed by atoms with Crippen molar-refractivity contribution in [1.82, 2.24) is 34.7 Å². The lowest BCUT2D eigenvalue weighted by Gasteiger charge is -2.30. The van der Waals surface area contributed by atoms with Gasteiger partial charge in [0.2, 0.25) is 0 Å². The average molecular weight is 1870 g/mol. The number of rotatable bonds is 27. The molecule has 0 aliphatic carbocycles. The molecule has 0 spiro atoms. The molecule has 5 unspecified atom stereocenters. The summed E-state index contributed by atoms with van der Waals surface area (Å²) in [6.45, 7) is 40.3. The molecule has 5 aliphatic heterocycles. The van der Waals surface area contributed by atoms with E-state index in [1.807, 2.05) is 117 Å². The number of hydrogen-bond donors (Lipinski definition) is 5. The molecule has 29 nitrogen and oxygen atoms in total. The molecule has 136 heavy (non-hydrogen) atoms. The van der Waals surface area contributed by atoms with Gasteiger partial charge in [-0.3, -0.25) is 0 Å². The zero-order valence-electron chi connectivity index (χ0n) is 83.6. The summed E-state index contributed by atoms with van der Waals surface area (Å²) in [5, 5.41) is 26.7. The van der Waals surface area contributed by atoms with E-state index in [-0.39, 0.29) is 59.7 Å². The van der Waals surface area contributed by atoms with Crippen molar-refractivity contribution in [2.75, 3.05) is 127 Å². The highest BCUT2D eigenvalue weighted by Gasteiger charge is 2.44. The molecule has 6 N–H and O–H groups in total. The van der Waals surface area contributed by atoms with Gasteiger partial charge in [0.1, 0.15) is 51.5 Å². The van der Waals surface area contributed by atoms with E-state index in [4.69, 9.17) is 67.8 Å². The number of pyridine rings is 5. The Kier molecular flexibility index (Phi) is 38.1. The van der Waals surface area contributed by atoms with Crippen molar-refractivity contribution in [2.24, 2.45) is 0 Å². The molecule has 5 aliphatic rings. The number of aromatic nitrogens is 5. The van der Waals surface area contributed by atoms with E-state index in [0.29, 0.717) is 69.9 Å². The predicted octanol–water partition coefficient (Wildman–Crippen LogP) is 19.0. The Bertz CT molecular complexity index is 5230. The number of nitrogens with zero attached hydrogens (tertiary/aromatic N) is 9. The minimum atomic E-state index is -0.903. The molecule has 4 amide bonds. The van der Waals surface area contributed by atoms with Gasteiger partial charge >= 0.3 is 24.4 Å². The Balaban J connectivity index is 0.000000180. The van der Waals surface area contributed by atoms with E-state index in [0.717, 1.165) is 151 Å². The van der Waals surface area contributed by atoms with Gasteiger partial charge in [-0.2, -0.15) is 9.80 Å². The highest BCUT2D eigenvalue weighted by atomic mass is 16.6. The molecule has 10 heterocycles. The second-order valence-corrected chi connectivity index (χ2v) is 41.0. The first kappa shape index (κ1) is 107. The molecule has 14 rings (SSSR count). The summed E-state index contributed by atoms with van der Waals surface area (Å²) in [5.74, 6) is 2.47. The minimum absolute atomic E-state index is 0.0387. The van der Waals surface area contributed by atoms with Gasteiger partial charge in [-0.1, -0.05) is 179 Å². The second kappa shape index (κ2) is 48.4. The normalized spacial score (nSPS) is 19.7. The van der Waals surface area contributed by atoms with Crippen LogP contribution < -0.4 is 26.2 Å². The van der Waals surface area contributed by atoms with Crippen LogP contribution in [0.5, 0.6) is 0 Å². The lowest BCUT2D eigenvalue weighted by Crippen LogP contribution is -2.44. The number of anilines is 5. The SMILES string of the molecule is CC(C)(C)OC(=O)N(C(=O)OC(C)(C)C)c1ccc(C2(C)CCOC2)c(COCc2ccccc2)n1.CC(C)(C)OC(=O)N(C(=O)OC(C)(C)C)c1ccc(C2(CO)CCOC2)c(COCc2ccccc2)n1.CC1(c2ccc(NCc3ccccc3)nc2CO)CCOC1.CN(C)Cc1nc(N)ccc1C1(C)CCOC1.CN(C)Cc1nc(NCc2ccccc2)ccc1C1(C)CCOC1. The number of benzene rings is 4. The van der Waals surface area contributed by atoms with Crippen molar-refractivity contribution < 1.29 is 81.5 Å². The van der Waals surface area contributed by atoms with Gasteiger partial charge in [-0.15, -0.1) is 0 Å². The van der Waals surface area contributed by atoms with Crippen LogP contribution >= 0.6 is 0 Å². The Labute approximate surface area is 804 Å². The molecule has 0 radical (unpaired) electrons. The van der Waals surface area contributed by atoms with Crippen molar-refractivity contribution in [3.05, 3.63) is 261 Å². The molecular formula is C107H146N12O17. The molecule has 5 aromatic heterocycles. The standard InChI is InChI=1S/C28H38N2O7.C28H38N2O6.C20H27N3O.C18H22N2O2.C13H21N3O/c1-26(2,3)36-24(32)30(25(33)37-27(4,5)6)23-13-12-21(28(18-31)14-15-34-19-28)22(29-23)17-35-16-20-10-8-7-9-11-20;1-26(2,3)35-24(31)30(25(32)36-27(4,5)6)23-14-13-21(28(7)15-16-33-19-28)22(29-23)18-34-17-20-11-9-8-10-12-20;1-20(11-12-24-15-20)17-9-10-19(22-18(17)14-23(2)3)21-13-16-7-5-4-6-8-16;1-18(9-10-22-13-18)15-7-8-17(20-16(15)12-21)19-11-14-5-3-2-4-6-14;1-13(6-7-17-9-13)10-4-5-12(14)15-11(10)8-16(2)3/h7-13,31H,14-19H2,1-6H3;8-14H,15-19H2,1-7H3;4-10H,11-15H2,1-3H3,(H,21,22);2-8,21H,9-13H2,1H3,(H,19,20);4-5H,6-9H2,1-3H3,(H2,14,15). The van der Waals surface area contributed by atoms with Crippen molar-refractivity contribution in [1.29, 1.82) is 0 Å². The third-order valence-electron chi connectivity index (χ3n) is 23.5. The lowest BCUT2D eigenvalue weighted by atomic mass is 9.79. The lowest BCUT2D eigenvalue weighted by molar-refractivity contribution is 0.0406. The van der Waals surface area contributed by atoms with Crippen LogP contribution in [0.15, 0.2) is 182 Å². The van der Waals surface area contributed by atoms with Gasteiger partial charge in [-0.05, 0) is 224 Å². The van der Waals surface area contributed by atoms with Gasteiger partial charge in [0.15, 0.2) is 0 Å². The third kappa shape index (κ3) is 31.8. The first-order chi connectivity index (χ1) is 64.4. The molecular weight excluding hydrogens is 1730 g/mol. The molecule has 5 atom stereocenters. The highest BCUT2D eigenvalue weighted by molar-refractivity contribution is 6.09. The fourth-order valence-corrected chi connectivity index (χ4v) is 16.4. The largest absolute Gasteiger partial charge is 0.443 e. The Morgan fingerprint density at radius 2 is 0.662 bits per heavy atom. The number of nitrogens with one attached hydrogen (secondary N) is 2. The Morgan fingerprint density at radius 3 is 0.985 bits per heavy atom. The van der Waals surface area contributed by atoms with E-state index < -0.39 is 52.2 Å². The van der Waals surface area contributed by atoms with Crippen LogP contribution in [0.25, 0.3) is 0 Å². The van der Waals surface area contributed by atoms with E-state index in [1.165, 1.54) is 22.3 Å². The van der Waals surface area contributed by atoms with Crippen molar-refractivity contribution in [3.8, 4) is 0 Å². The number of nitrogen functional groups attached to an aromatic ring is 1. The van der Waals surface area contributed by atoms with Gasteiger partial charge in [0.25, 0.3) is 0 Å². The molecule has 0 bridgehead atoms. The van der Waals surface area contributed by atoms with Crippen LogP contribution in [0.2, 0.25) is 0 Å². The first-order valence-corrected chi connectivity index (χ1v) is 46.9. The van der Waals surface area contributed by atoms with Crippen molar-refractivity contribution in [3.63, 3.8) is 0 Å². The van der Waals surface area contributed by atoms with E-state index >= 15 is 0 Å². The van der Waals surface area contributed by atoms with Gasteiger partial charge in [0.05, 0.1) is 101 Å². The quantitative estimate of drug-likeness (QED) is 0.0299. The maximum Gasteiger partial charge on any atom is 0.425 e. The average Bonchev–Trinajstić information content (AvgIpc) is 1.41.